The van der Waals surface area contributed by atoms with E-state index in [0.29, 0.717) is 50.4 Å². The van der Waals surface area contributed by atoms with Crippen molar-refractivity contribution in [2.24, 2.45) is 5.92 Å². The number of ether oxygens (including phenoxy) is 3. The third-order valence-corrected chi connectivity index (χ3v) is 14.4. The third-order valence-electron chi connectivity index (χ3n) is 14.4. The van der Waals surface area contributed by atoms with E-state index in [1.807, 2.05) is 56.0 Å². The van der Waals surface area contributed by atoms with Crippen molar-refractivity contribution in [2.75, 3.05) is 40.4 Å². The van der Waals surface area contributed by atoms with Crippen molar-refractivity contribution >= 4 is 40.9 Å². The number of amides is 5. The van der Waals surface area contributed by atoms with Crippen LogP contribution in [0, 0.1) is 5.92 Å². The molecule has 1 aliphatic carbocycles. The highest BCUT2D eigenvalue weighted by Gasteiger charge is 2.42. The van der Waals surface area contributed by atoms with Crippen LogP contribution >= 0.6 is 0 Å². The summed E-state index contributed by atoms with van der Waals surface area (Å²) < 4.78 is 15.4. The molecule has 2 aliphatic heterocycles. The molecule has 0 spiro atoms. The summed E-state index contributed by atoms with van der Waals surface area (Å²) in [6.45, 7) is 9.70. The van der Waals surface area contributed by atoms with E-state index in [0.717, 1.165) is 94.5 Å². The largest absolute Gasteiger partial charge is 0.453 e. The maximum atomic E-state index is 14.5. The van der Waals surface area contributed by atoms with E-state index in [1.54, 1.807) is 16.0 Å². The van der Waals surface area contributed by atoms with E-state index >= 15 is 0 Å². The van der Waals surface area contributed by atoms with Crippen LogP contribution in [0.3, 0.4) is 0 Å². The third kappa shape index (κ3) is 11.4. The van der Waals surface area contributed by atoms with Crippen molar-refractivity contribution in [3.63, 3.8) is 0 Å². The highest BCUT2D eigenvalue weighted by atomic mass is 16.6. The molecule has 0 bridgehead atoms. The van der Waals surface area contributed by atoms with E-state index in [-0.39, 0.29) is 36.4 Å². The van der Waals surface area contributed by atoms with Gasteiger partial charge in [0.1, 0.15) is 29.3 Å². The number of aryl methyl sites for hydroxylation is 2. The summed E-state index contributed by atoms with van der Waals surface area (Å²) in [6.07, 6.45) is 5.98. The van der Waals surface area contributed by atoms with Crippen LogP contribution in [-0.4, -0.2) is 117 Å². The SMILES string of the molecule is CCCCN(Cc1ncc(-c2ccc3cc(-c4ccc5c(c4)CCc4[nH]c([C@@H]6CCCN6C(=O)[C@@H](NC(=O)OC)C6CCN(C(=O)OC(C)(C)C)CC6)nc4-5)ccc3c2)[nH]1)C(=O)[C@H](NC(=O)OC)c1ccccc1. The fourth-order valence-electron chi connectivity index (χ4n) is 10.5. The lowest BCUT2D eigenvalue weighted by molar-refractivity contribution is -0.136. The van der Waals surface area contributed by atoms with E-state index in [1.165, 1.54) is 19.8 Å². The number of rotatable bonds is 14. The molecular weight excluding hydrogens is 939 g/mol. The van der Waals surface area contributed by atoms with Gasteiger partial charge < -0.3 is 49.5 Å². The second-order valence-corrected chi connectivity index (χ2v) is 20.5. The Kier molecular flexibility index (Phi) is 15.4. The number of methoxy groups -OCH3 is 2. The van der Waals surface area contributed by atoms with Crippen molar-refractivity contribution < 1.29 is 38.2 Å². The summed E-state index contributed by atoms with van der Waals surface area (Å²) in [7, 11) is 2.57. The Labute approximate surface area is 431 Å². The lowest BCUT2D eigenvalue weighted by Gasteiger charge is -2.38. The topological polar surface area (TPSA) is 204 Å². The lowest BCUT2D eigenvalue weighted by atomic mass is 9.88. The molecule has 388 valence electrons. The molecule has 4 heterocycles. The number of nitrogens with one attached hydrogen (secondary N) is 4. The van der Waals surface area contributed by atoms with Gasteiger partial charge in [0.25, 0.3) is 0 Å². The first-order chi connectivity index (χ1) is 35.7. The van der Waals surface area contributed by atoms with E-state index in [9.17, 15) is 24.0 Å². The van der Waals surface area contributed by atoms with Gasteiger partial charge in [-0.05, 0) is 117 Å². The molecule has 4 N–H and O–H groups in total. The lowest BCUT2D eigenvalue weighted by Crippen LogP contribution is -2.55. The number of imidazole rings is 2. The molecule has 4 aromatic carbocycles. The van der Waals surface area contributed by atoms with Crippen LogP contribution in [0.25, 0.3) is 44.4 Å². The Morgan fingerprint density at radius 3 is 2.22 bits per heavy atom. The maximum absolute atomic E-state index is 14.5. The molecule has 9 rings (SSSR count). The van der Waals surface area contributed by atoms with Crippen LogP contribution in [0.1, 0.15) is 107 Å². The average molecular weight is 1010 g/mol. The standard InChI is InChI=1S/C57H67N9O8/c1-7-8-26-65(52(67)48(62-54(69)72-5)35-13-10-9-11-14-35)34-47-58-33-45(59-47)42-19-18-38-30-37(16-17-39(38)32-42)40-20-22-43-41(31-40)21-23-44-50(43)61-51(60-44)46-15-12-27-66(46)53(68)49(63-55(70)73-6)36-24-28-64(29-25-36)56(71)74-57(2,3)4/h9-11,13-14,16-20,22,30-33,36,46,48-49H,7-8,12,15,21,23-29,34H2,1-6H3,(H,58,59)(H,60,61)(H,62,69)(H,63,70)/t46-,48+,49-/m0/s1. The number of likely N-dealkylation sites (tertiary alicyclic amines) is 2. The number of hydrogen-bond donors (Lipinski definition) is 4. The summed E-state index contributed by atoms with van der Waals surface area (Å²) in [5.74, 6) is 0.776. The fraction of sp³-hybridized carbons (Fsp3) is 0.421. The van der Waals surface area contributed by atoms with Crippen LogP contribution in [-0.2, 0) is 43.2 Å². The minimum absolute atomic E-state index is 0.171. The van der Waals surface area contributed by atoms with Gasteiger partial charge in [-0.1, -0.05) is 86.1 Å². The van der Waals surface area contributed by atoms with Gasteiger partial charge in [-0.25, -0.2) is 24.4 Å². The number of benzene rings is 4. The molecule has 5 amide bonds. The Balaban J connectivity index is 0.877. The number of nitrogens with zero attached hydrogens (tertiary/aromatic N) is 5. The molecule has 0 radical (unpaired) electrons. The molecule has 17 heteroatoms. The van der Waals surface area contributed by atoms with Crippen LogP contribution in [0.2, 0.25) is 0 Å². The smallest absolute Gasteiger partial charge is 0.410 e. The highest BCUT2D eigenvalue weighted by molar-refractivity contribution is 5.91. The minimum Gasteiger partial charge on any atom is -0.453 e. The van der Waals surface area contributed by atoms with Crippen LogP contribution in [0.5, 0.6) is 0 Å². The van der Waals surface area contributed by atoms with Gasteiger partial charge in [-0.2, -0.15) is 0 Å². The Morgan fingerprint density at radius 1 is 0.811 bits per heavy atom. The van der Waals surface area contributed by atoms with Crippen molar-refractivity contribution in [2.45, 2.75) is 109 Å². The molecule has 6 aromatic rings. The van der Waals surface area contributed by atoms with Gasteiger partial charge in [0.2, 0.25) is 11.8 Å². The van der Waals surface area contributed by atoms with Crippen LogP contribution in [0.15, 0.2) is 91.1 Å². The number of H-pyrrole nitrogens is 2. The number of piperidine rings is 1. The summed E-state index contributed by atoms with van der Waals surface area (Å²) >= 11 is 0. The zero-order chi connectivity index (χ0) is 52.1. The number of fused-ring (bicyclic) bond motifs is 4. The van der Waals surface area contributed by atoms with Crippen molar-refractivity contribution in [1.29, 1.82) is 0 Å². The average Bonchev–Trinajstić information content (AvgIpc) is 4.21. The number of aromatic amines is 2. The number of carbonyl (C=O) groups is 5. The van der Waals surface area contributed by atoms with Gasteiger partial charge in [0.05, 0.1) is 44.4 Å². The summed E-state index contributed by atoms with van der Waals surface area (Å²) in [5.41, 5.74) is 8.31. The quantitative estimate of drug-likeness (QED) is 0.0761. The molecule has 17 nitrogen and oxygen atoms in total. The number of aromatic nitrogens is 4. The van der Waals surface area contributed by atoms with Crippen LogP contribution < -0.4 is 10.6 Å². The summed E-state index contributed by atoms with van der Waals surface area (Å²) in [5, 5.41) is 7.74. The number of alkyl carbamates (subject to hydrolysis) is 2. The van der Waals surface area contributed by atoms with E-state index in [4.69, 9.17) is 19.2 Å². The second kappa shape index (κ2) is 22.2. The molecule has 2 aromatic heterocycles. The summed E-state index contributed by atoms with van der Waals surface area (Å²) in [4.78, 5) is 88.5. The zero-order valence-electron chi connectivity index (χ0n) is 43.2. The van der Waals surface area contributed by atoms with Crippen LogP contribution in [0.4, 0.5) is 14.4 Å². The van der Waals surface area contributed by atoms with Gasteiger partial charge >= 0.3 is 18.3 Å². The first-order valence-corrected chi connectivity index (χ1v) is 25.8. The minimum atomic E-state index is -0.913. The van der Waals surface area contributed by atoms with Gasteiger partial charge in [0, 0.05) is 43.0 Å². The highest BCUT2D eigenvalue weighted by Crippen LogP contribution is 2.40. The van der Waals surface area contributed by atoms with E-state index in [2.05, 4.69) is 87.1 Å². The Hall–Kier alpha value is -7.69. The molecular formula is C57H67N9O8. The predicted octanol–water partition coefficient (Wildman–Crippen LogP) is 9.65. The Bertz CT molecular complexity index is 3010. The monoisotopic (exact) mass is 1010 g/mol. The van der Waals surface area contributed by atoms with Gasteiger partial charge in [-0.3, -0.25) is 9.59 Å². The van der Waals surface area contributed by atoms with E-state index < -0.39 is 29.9 Å². The van der Waals surface area contributed by atoms with Crippen molar-refractivity contribution in [3.05, 3.63) is 120 Å². The molecule has 0 unspecified atom stereocenters. The predicted molar refractivity (Wildman–Crippen MR) is 281 cm³/mol. The number of hydrogen-bond acceptors (Lipinski definition) is 10. The molecule has 3 aliphatic rings. The molecule has 2 fully saturated rings. The molecule has 0 saturated carbocycles. The van der Waals surface area contributed by atoms with Crippen molar-refractivity contribution in [3.8, 4) is 33.6 Å². The number of unbranched alkanes of at least 4 members (excludes halogenated alkanes) is 1. The zero-order valence-corrected chi connectivity index (χ0v) is 43.2. The van der Waals surface area contributed by atoms with Gasteiger partial charge in [0.15, 0.2) is 0 Å². The first-order valence-electron chi connectivity index (χ1n) is 25.8. The Morgan fingerprint density at radius 2 is 1.50 bits per heavy atom. The summed E-state index contributed by atoms with van der Waals surface area (Å²) in [6, 6.07) is 26.5. The molecule has 74 heavy (non-hydrogen) atoms. The maximum Gasteiger partial charge on any atom is 0.410 e. The first kappa shape index (κ1) is 51.2. The molecule has 2 saturated heterocycles. The number of carbonyl (C=O) groups excluding carboxylic acids is 5. The van der Waals surface area contributed by atoms with Crippen molar-refractivity contribution in [1.82, 2.24) is 45.3 Å². The normalized spacial score (nSPS) is 16.4. The fourth-order valence-corrected chi connectivity index (χ4v) is 10.5. The van der Waals surface area contributed by atoms with Gasteiger partial charge in [-0.15, -0.1) is 0 Å². The second-order valence-electron chi connectivity index (χ2n) is 20.5. The molecule has 3 atom stereocenters.